The minimum absolute atomic E-state index is 0.0308. The van der Waals surface area contributed by atoms with Gasteiger partial charge < -0.3 is 19.3 Å². The minimum Gasteiger partial charge on any atom is -0.479 e. The molecular formula is C18H32N2O6. The molecule has 0 bridgehead atoms. The van der Waals surface area contributed by atoms with Gasteiger partial charge in [-0.25, -0.2) is 4.79 Å². The summed E-state index contributed by atoms with van der Waals surface area (Å²) in [6, 6.07) is -0.484. The molecule has 0 aromatic carbocycles. The van der Waals surface area contributed by atoms with Gasteiger partial charge in [-0.2, -0.15) is 0 Å². The quantitative estimate of drug-likeness (QED) is 0.732. The lowest BCUT2D eigenvalue weighted by atomic mass is 10.0. The molecule has 2 rings (SSSR count). The highest BCUT2D eigenvalue weighted by Gasteiger charge is 2.43. The second-order valence-electron chi connectivity index (χ2n) is 8.83. The van der Waals surface area contributed by atoms with E-state index >= 15 is 0 Å². The predicted octanol–water partition coefficient (Wildman–Crippen LogP) is 0.939. The maximum Gasteiger partial charge on any atom is 0.334 e. The second kappa shape index (κ2) is 7.80. The van der Waals surface area contributed by atoms with E-state index in [0.29, 0.717) is 13.2 Å². The monoisotopic (exact) mass is 372 g/mol. The molecule has 0 amide bonds. The molecule has 2 saturated heterocycles. The average Bonchev–Trinajstić information content (AvgIpc) is 2.53. The first kappa shape index (κ1) is 21.1. The van der Waals surface area contributed by atoms with Crippen LogP contribution in [0.5, 0.6) is 0 Å². The van der Waals surface area contributed by atoms with Gasteiger partial charge in [0, 0.05) is 24.2 Å². The fourth-order valence-corrected chi connectivity index (χ4v) is 3.40. The number of nitrogens with zero attached hydrogens (tertiary/aromatic N) is 2. The molecule has 0 aliphatic carbocycles. The predicted molar refractivity (Wildman–Crippen MR) is 94.8 cm³/mol. The highest BCUT2D eigenvalue weighted by molar-refractivity contribution is 5.76. The van der Waals surface area contributed by atoms with Crippen molar-refractivity contribution in [3.63, 3.8) is 0 Å². The number of ether oxygens (including phenoxy) is 3. The maximum atomic E-state index is 12.9. The van der Waals surface area contributed by atoms with E-state index in [0.717, 1.165) is 0 Å². The van der Waals surface area contributed by atoms with Crippen molar-refractivity contribution in [3.8, 4) is 0 Å². The standard InChI is InChI=1S/C18H32N2O6/c1-17(2,3)19-7-8-24-10-12(19)16(23)26-14-11-25-13(15(21)22)9-20(14)18(4,5)6/h12-14H,7-11H2,1-6H3,(H,21,22). The van der Waals surface area contributed by atoms with Gasteiger partial charge in [0.2, 0.25) is 0 Å². The number of hydrogen-bond acceptors (Lipinski definition) is 7. The van der Waals surface area contributed by atoms with Gasteiger partial charge in [-0.15, -0.1) is 0 Å². The van der Waals surface area contributed by atoms with Crippen LogP contribution in [0.4, 0.5) is 0 Å². The molecule has 2 heterocycles. The highest BCUT2D eigenvalue weighted by Crippen LogP contribution is 2.26. The van der Waals surface area contributed by atoms with Gasteiger partial charge in [0.15, 0.2) is 12.3 Å². The second-order valence-corrected chi connectivity index (χ2v) is 8.83. The van der Waals surface area contributed by atoms with Gasteiger partial charge in [-0.1, -0.05) is 0 Å². The third-order valence-corrected chi connectivity index (χ3v) is 4.80. The zero-order chi connectivity index (χ0) is 19.7. The molecule has 3 unspecified atom stereocenters. The summed E-state index contributed by atoms with van der Waals surface area (Å²) in [5.74, 6) is -1.38. The normalized spacial score (nSPS) is 29.4. The van der Waals surface area contributed by atoms with Crippen molar-refractivity contribution >= 4 is 11.9 Å². The van der Waals surface area contributed by atoms with Gasteiger partial charge in [-0.3, -0.25) is 14.6 Å². The molecule has 8 nitrogen and oxygen atoms in total. The number of carboxylic acids is 1. The lowest BCUT2D eigenvalue weighted by Gasteiger charge is -2.47. The van der Waals surface area contributed by atoms with Crippen LogP contribution in [0, 0.1) is 0 Å². The first-order chi connectivity index (χ1) is 11.9. The summed E-state index contributed by atoms with van der Waals surface area (Å²) < 4.78 is 16.7. The Balaban J connectivity index is 2.11. The van der Waals surface area contributed by atoms with Crippen molar-refractivity contribution in [1.82, 2.24) is 9.80 Å². The van der Waals surface area contributed by atoms with E-state index < -0.39 is 24.3 Å². The SMILES string of the molecule is CC(C)(C)N1CC(C(=O)O)OCC1OC(=O)C1COCCN1C(C)(C)C. The Labute approximate surface area is 155 Å². The van der Waals surface area contributed by atoms with E-state index in [1.165, 1.54) is 0 Å². The third kappa shape index (κ3) is 4.94. The van der Waals surface area contributed by atoms with Crippen molar-refractivity contribution < 1.29 is 28.9 Å². The highest BCUT2D eigenvalue weighted by atomic mass is 16.6. The van der Waals surface area contributed by atoms with Crippen LogP contribution < -0.4 is 0 Å². The lowest BCUT2D eigenvalue weighted by Crippen LogP contribution is -2.62. The van der Waals surface area contributed by atoms with Crippen molar-refractivity contribution in [1.29, 1.82) is 0 Å². The number of carbonyl (C=O) groups is 2. The summed E-state index contributed by atoms with van der Waals surface area (Å²) in [6.07, 6.45) is -1.55. The van der Waals surface area contributed by atoms with Crippen LogP contribution >= 0.6 is 0 Å². The molecule has 0 aromatic rings. The molecule has 26 heavy (non-hydrogen) atoms. The summed E-state index contributed by atoms with van der Waals surface area (Å²) in [5, 5.41) is 9.24. The molecule has 3 atom stereocenters. The number of rotatable bonds is 3. The van der Waals surface area contributed by atoms with Crippen molar-refractivity contribution in [2.24, 2.45) is 0 Å². The summed E-state index contributed by atoms with van der Waals surface area (Å²) in [6.45, 7) is 13.8. The Bertz CT molecular complexity index is 525. The Hall–Kier alpha value is -1.22. The number of morpholine rings is 2. The molecule has 2 aliphatic rings. The Morgan fingerprint density at radius 2 is 1.65 bits per heavy atom. The van der Waals surface area contributed by atoms with E-state index in [9.17, 15) is 14.7 Å². The van der Waals surface area contributed by atoms with E-state index in [-0.39, 0.29) is 36.8 Å². The molecule has 150 valence electrons. The fraction of sp³-hybridized carbons (Fsp3) is 0.889. The topological polar surface area (TPSA) is 88.5 Å². The molecule has 0 spiro atoms. The first-order valence-corrected chi connectivity index (χ1v) is 9.07. The minimum atomic E-state index is -1.01. The van der Waals surface area contributed by atoms with Crippen LogP contribution in [0.1, 0.15) is 41.5 Å². The summed E-state index contributed by atoms with van der Waals surface area (Å²) in [7, 11) is 0. The number of carboxylic acid groups (broad SMARTS) is 1. The molecule has 8 heteroatoms. The maximum absolute atomic E-state index is 12.9. The Kier molecular flexibility index (Phi) is 6.32. The fourth-order valence-electron chi connectivity index (χ4n) is 3.40. The molecule has 0 radical (unpaired) electrons. The first-order valence-electron chi connectivity index (χ1n) is 9.07. The van der Waals surface area contributed by atoms with Crippen LogP contribution in [0.15, 0.2) is 0 Å². The molecule has 2 aliphatic heterocycles. The van der Waals surface area contributed by atoms with Gasteiger partial charge in [-0.05, 0) is 41.5 Å². The number of hydrogen-bond donors (Lipinski definition) is 1. The summed E-state index contributed by atoms with van der Waals surface area (Å²) >= 11 is 0. The molecule has 1 N–H and O–H groups in total. The van der Waals surface area contributed by atoms with E-state index in [1.54, 1.807) is 0 Å². The van der Waals surface area contributed by atoms with Crippen LogP contribution in [0.25, 0.3) is 0 Å². The van der Waals surface area contributed by atoms with Crippen LogP contribution in [0.2, 0.25) is 0 Å². The van der Waals surface area contributed by atoms with Crippen LogP contribution in [0.3, 0.4) is 0 Å². The molecule has 0 saturated carbocycles. The molecule has 0 aromatic heterocycles. The molecular weight excluding hydrogens is 340 g/mol. The van der Waals surface area contributed by atoms with Gasteiger partial charge in [0.25, 0.3) is 0 Å². The van der Waals surface area contributed by atoms with Gasteiger partial charge >= 0.3 is 11.9 Å². The van der Waals surface area contributed by atoms with E-state index in [4.69, 9.17) is 14.2 Å². The largest absolute Gasteiger partial charge is 0.479 e. The average molecular weight is 372 g/mol. The van der Waals surface area contributed by atoms with Crippen molar-refractivity contribution in [2.75, 3.05) is 32.9 Å². The molecule has 2 fully saturated rings. The van der Waals surface area contributed by atoms with E-state index in [1.807, 2.05) is 25.7 Å². The van der Waals surface area contributed by atoms with Gasteiger partial charge in [0.1, 0.15) is 6.04 Å². The zero-order valence-electron chi connectivity index (χ0n) is 16.7. The zero-order valence-corrected chi connectivity index (χ0v) is 16.7. The lowest BCUT2D eigenvalue weighted by molar-refractivity contribution is -0.212. The Morgan fingerprint density at radius 3 is 2.19 bits per heavy atom. The Morgan fingerprint density at radius 1 is 1.04 bits per heavy atom. The summed E-state index contributed by atoms with van der Waals surface area (Å²) in [5.41, 5.74) is -0.552. The van der Waals surface area contributed by atoms with Crippen LogP contribution in [-0.4, -0.2) is 89.2 Å². The van der Waals surface area contributed by atoms with Crippen LogP contribution in [-0.2, 0) is 23.8 Å². The van der Waals surface area contributed by atoms with Gasteiger partial charge in [0.05, 0.1) is 19.8 Å². The number of carbonyl (C=O) groups excluding carboxylic acids is 1. The summed E-state index contributed by atoms with van der Waals surface area (Å²) in [4.78, 5) is 28.1. The number of esters is 1. The number of aliphatic carboxylic acids is 1. The smallest absolute Gasteiger partial charge is 0.334 e. The third-order valence-electron chi connectivity index (χ3n) is 4.80. The van der Waals surface area contributed by atoms with E-state index in [2.05, 4.69) is 25.7 Å². The van der Waals surface area contributed by atoms with Crippen molar-refractivity contribution in [2.45, 2.75) is 71.0 Å². The van der Waals surface area contributed by atoms with Crippen molar-refractivity contribution in [3.05, 3.63) is 0 Å².